The Labute approximate surface area is 106 Å². The first kappa shape index (κ1) is 11.9. The van der Waals surface area contributed by atoms with Gasteiger partial charge in [-0.25, -0.2) is 4.79 Å². The molecular formula is C10H9N3O2S2. The highest BCUT2D eigenvalue weighted by molar-refractivity contribution is 8.01. The maximum absolute atomic E-state index is 11.5. The Hall–Kier alpha value is -1.60. The zero-order valence-corrected chi connectivity index (χ0v) is 10.5. The number of carbonyl (C=O) groups is 1. The van der Waals surface area contributed by atoms with Crippen LogP contribution in [0.4, 0.5) is 5.69 Å². The molecule has 0 spiro atoms. The molecule has 5 nitrogen and oxygen atoms in total. The molecule has 0 aliphatic heterocycles. The number of methoxy groups -OCH3 is 1. The van der Waals surface area contributed by atoms with Crippen LogP contribution in [-0.2, 0) is 4.74 Å². The van der Waals surface area contributed by atoms with Crippen molar-refractivity contribution in [2.45, 2.75) is 9.24 Å². The van der Waals surface area contributed by atoms with Crippen molar-refractivity contribution in [1.29, 1.82) is 0 Å². The smallest absolute Gasteiger partial charge is 0.339 e. The number of ether oxygens (including phenoxy) is 1. The number of anilines is 1. The minimum Gasteiger partial charge on any atom is -0.465 e. The van der Waals surface area contributed by atoms with Crippen LogP contribution in [0, 0.1) is 0 Å². The second-order valence-corrected chi connectivity index (χ2v) is 5.20. The second kappa shape index (κ2) is 5.15. The SMILES string of the molecule is COC(=O)c1cc(Sc2nncs2)ccc1N. The van der Waals surface area contributed by atoms with Crippen LogP contribution in [0.25, 0.3) is 0 Å². The van der Waals surface area contributed by atoms with E-state index < -0.39 is 5.97 Å². The molecule has 0 unspecified atom stereocenters. The number of hydrogen-bond donors (Lipinski definition) is 1. The fourth-order valence-corrected chi connectivity index (χ4v) is 2.69. The monoisotopic (exact) mass is 267 g/mol. The van der Waals surface area contributed by atoms with Gasteiger partial charge in [0, 0.05) is 10.6 Å². The number of rotatable bonds is 3. The third kappa shape index (κ3) is 2.75. The van der Waals surface area contributed by atoms with E-state index in [1.165, 1.54) is 30.2 Å². The van der Waals surface area contributed by atoms with Gasteiger partial charge < -0.3 is 10.5 Å². The van der Waals surface area contributed by atoms with Crippen molar-refractivity contribution in [3.05, 3.63) is 29.3 Å². The molecule has 2 N–H and O–H groups in total. The average molecular weight is 267 g/mol. The molecule has 0 aliphatic rings. The Kier molecular flexibility index (Phi) is 3.60. The quantitative estimate of drug-likeness (QED) is 0.677. The van der Waals surface area contributed by atoms with Gasteiger partial charge >= 0.3 is 5.97 Å². The van der Waals surface area contributed by atoms with Crippen LogP contribution in [0.2, 0.25) is 0 Å². The van der Waals surface area contributed by atoms with Crippen LogP contribution >= 0.6 is 23.1 Å². The number of nitrogens with two attached hydrogens (primary N) is 1. The van der Waals surface area contributed by atoms with Crippen molar-refractivity contribution >= 4 is 34.8 Å². The van der Waals surface area contributed by atoms with E-state index in [1.807, 2.05) is 6.07 Å². The largest absolute Gasteiger partial charge is 0.465 e. The van der Waals surface area contributed by atoms with Crippen molar-refractivity contribution in [3.63, 3.8) is 0 Å². The van der Waals surface area contributed by atoms with E-state index >= 15 is 0 Å². The van der Waals surface area contributed by atoms with Gasteiger partial charge in [0.25, 0.3) is 0 Å². The lowest BCUT2D eigenvalue weighted by Crippen LogP contribution is -2.05. The maximum atomic E-state index is 11.5. The standard InChI is InChI=1S/C10H9N3O2S2/c1-15-9(14)7-4-6(2-3-8(7)11)17-10-13-12-5-16-10/h2-5H,11H2,1H3. The Morgan fingerprint density at radius 1 is 1.53 bits per heavy atom. The fraction of sp³-hybridized carbons (Fsp3) is 0.100. The number of hydrogen-bond acceptors (Lipinski definition) is 7. The lowest BCUT2D eigenvalue weighted by Gasteiger charge is -2.05. The highest BCUT2D eigenvalue weighted by Gasteiger charge is 2.11. The van der Waals surface area contributed by atoms with Gasteiger partial charge in [0.05, 0.1) is 12.7 Å². The Morgan fingerprint density at radius 3 is 3.00 bits per heavy atom. The number of nitrogens with zero attached hydrogens (tertiary/aromatic N) is 2. The highest BCUT2D eigenvalue weighted by atomic mass is 32.2. The Balaban J connectivity index is 2.28. The number of nitrogen functional groups attached to an aromatic ring is 1. The maximum Gasteiger partial charge on any atom is 0.339 e. The van der Waals surface area contributed by atoms with Crippen LogP contribution in [0.3, 0.4) is 0 Å². The molecule has 88 valence electrons. The normalized spacial score (nSPS) is 10.2. The van der Waals surface area contributed by atoms with Crippen molar-refractivity contribution < 1.29 is 9.53 Å². The van der Waals surface area contributed by atoms with Crippen LogP contribution < -0.4 is 5.73 Å². The number of aromatic nitrogens is 2. The van der Waals surface area contributed by atoms with E-state index in [9.17, 15) is 4.79 Å². The van der Waals surface area contributed by atoms with Gasteiger partial charge in [0.15, 0.2) is 4.34 Å². The van der Waals surface area contributed by atoms with Gasteiger partial charge in [-0.15, -0.1) is 10.2 Å². The first-order valence-corrected chi connectivity index (χ1v) is 6.32. The zero-order chi connectivity index (χ0) is 12.3. The molecule has 1 heterocycles. The van der Waals surface area contributed by atoms with Gasteiger partial charge in [-0.2, -0.15) is 0 Å². The molecule has 2 aromatic rings. The van der Waals surface area contributed by atoms with E-state index in [2.05, 4.69) is 14.9 Å². The summed E-state index contributed by atoms with van der Waals surface area (Å²) in [7, 11) is 1.33. The molecule has 0 saturated carbocycles. The summed E-state index contributed by atoms with van der Waals surface area (Å²) in [4.78, 5) is 12.3. The van der Waals surface area contributed by atoms with Gasteiger partial charge in [-0.3, -0.25) is 0 Å². The molecule has 0 fully saturated rings. The first-order chi connectivity index (χ1) is 8.20. The van der Waals surface area contributed by atoms with Gasteiger partial charge in [0.2, 0.25) is 0 Å². The molecule has 7 heteroatoms. The van der Waals surface area contributed by atoms with Crippen LogP contribution in [0.1, 0.15) is 10.4 Å². The van der Waals surface area contributed by atoms with E-state index in [0.29, 0.717) is 11.3 Å². The summed E-state index contributed by atoms with van der Waals surface area (Å²) in [5.74, 6) is -0.442. The molecule has 17 heavy (non-hydrogen) atoms. The average Bonchev–Trinajstić information content (AvgIpc) is 2.83. The predicted octanol–water partition coefficient (Wildman–Crippen LogP) is 2.06. The fourth-order valence-electron chi connectivity index (χ4n) is 1.19. The molecule has 0 saturated heterocycles. The van der Waals surface area contributed by atoms with Crippen molar-refractivity contribution in [1.82, 2.24) is 10.2 Å². The summed E-state index contributed by atoms with van der Waals surface area (Å²) in [5.41, 5.74) is 8.12. The van der Waals surface area contributed by atoms with Crippen molar-refractivity contribution in [3.8, 4) is 0 Å². The zero-order valence-electron chi connectivity index (χ0n) is 8.91. The third-order valence-corrected chi connectivity index (χ3v) is 3.74. The Morgan fingerprint density at radius 2 is 2.35 bits per heavy atom. The summed E-state index contributed by atoms with van der Waals surface area (Å²) in [6.07, 6.45) is 0. The van der Waals surface area contributed by atoms with E-state index in [0.717, 1.165) is 9.24 Å². The number of carbonyl (C=O) groups excluding carboxylic acids is 1. The highest BCUT2D eigenvalue weighted by Crippen LogP contribution is 2.30. The van der Waals surface area contributed by atoms with E-state index in [1.54, 1.807) is 17.6 Å². The number of benzene rings is 1. The molecule has 0 atom stereocenters. The molecule has 2 rings (SSSR count). The summed E-state index contributed by atoms with van der Waals surface area (Å²) >= 11 is 2.86. The van der Waals surface area contributed by atoms with E-state index in [-0.39, 0.29) is 0 Å². The summed E-state index contributed by atoms with van der Waals surface area (Å²) in [5, 5.41) is 7.65. The van der Waals surface area contributed by atoms with Gasteiger partial charge in [-0.1, -0.05) is 23.1 Å². The topological polar surface area (TPSA) is 78.1 Å². The first-order valence-electron chi connectivity index (χ1n) is 4.62. The third-order valence-electron chi connectivity index (χ3n) is 1.98. The molecule has 0 bridgehead atoms. The molecular weight excluding hydrogens is 258 g/mol. The molecule has 0 aliphatic carbocycles. The van der Waals surface area contributed by atoms with Gasteiger partial charge in [0.1, 0.15) is 5.51 Å². The summed E-state index contributed by atoms with van der Waals surface area (Å²) < 4.78 is 5.46. The summed E-state index contributed by atoms with van der Waals surface area (Å²) in [6.45, 7) is 0. The summed E-state index contributed by atoms with van der Waals surface area (Å²) in [6, 6.07) is 5.19. The molecule has 1 aromatic carbocycles. The molecule has 0 amide bonds. The van der Waals surface area contributed by atoms with Crippen LogP contribution in [-0.4, -0.2) is 23.3 Å². The molecule has 1 aromatic heterocycles. The van der Waals surface area contributed by atoms with Gasteiger partial charge in [-0.05, 0) is 18.2 Å². The van der Waals surface area contributed by atoms with Crippen molar-refractivity contribution in [2.24, 2.45) is 0 Å². The lowest BCUT2D eigenvalue weighted by molar-refractivity contribution is 0.0601. The Bertz CT molecular complexity index is 528. The van der Waals surface area contributed by atoms with Crippen LogP contribution in [0.5, 0.6) is 0 Å². The van der Waals surface area contributed by atoms with Crippen molar-refractivity contribution in [2.75, 3.05) is 12.8 Å². The predicted molar refractivity (Wildman–Crippen MR) is 66.2 cm³/mol. The minimum atomic E-state index is -0.442. The van der Waals surface area contributed by atoms with E-state index in [4.69, 9.17) is 5.73 Å². The minimum absolute atomic E-state index is 0.363. The number of esters is 1. The lowest BCUT2D eigenvalue weighted by atomic mass is 10.2. The second-order valence-electron chi connectivity index (χ2n) is 3.05. The van der Waals surface area contributed by atoms with Crippen LogP contribution in [0.15, 0.2) is 32.9 Å². The molecule has 0 radical (unpaired) electrons.